The molecule has 1 aliphatic rings. The van der Waals surface area contributed by atoms with Crippen molar-refractivity contribution in [3.63, 3.8) is 0 Å². The molecule has 0 bridgehead atoms. The Morgan fingerprint density at radius 3 is 2.75 bits per heavy atom. The minimum Gasteiger partial charge on any atom is -0.465 e. The molecule has 0 N–H and O–H groups in total. The Hall–Kier alpha value is -1.35. The average molecular weight is 274 g/mol. The van der Waals surface area contributed by atoms with Crippen molar-refractivity contribution >= 4 is 5.97 Å². The maximum atomic E-state index is 12.2. The van der Waals surface area contributed by atoms with Crippen molar-refractivity contribution in [3.8, 4) is 0 Å². The fraction of sp³-hybridized carbons (Fsp3) is 0.529. The monoisotopic (exact) mass is 274 g/mol. The number of carbonyl (C=O) groups excluding carboxylic acids is 1. The van der Waals surface area contributed by atoms with E-state index in [2.05, 4.69) is 37.3 Å². The van der Waals surface area contributed by atoms with Crippen molar-refractivity contribution in [1.82, 2.24) is 4.90 Å². The van der Waals surface area contributed by atoms with Crippen LogP contribution >= 0.6 is 0 Å². The number of benzene rings is 1. The van der Waals surface area contributed by atoms with Gasteiger partial charge in [-0.05, 0) is 38.2 Å². The number of piperidine rings is 1. The number of rotatable bonds is 4. The number of likely N-dealkylation sites (tertiary alicyclic amines) is 1. The van der Waals surface area contributed by atoms with Crippen molar-refractivity contribution in [1.29, 1.82) is 0 Å². The highest BCUT2D eigenvalue weighted by atomic mass is 16.5. The summed E-state index contributed by atoms with van der Waals surface area (Å²) in [5.74, 6) is 0.374. The first-order valence-electron chi connectivity index (χ1n) is 7.44. The maximum absolute atomic E-state index is 12.2. The van der Waals surface area contributed by atoms with Gasteiger partial charge in [0, 0.05) is 12.6 Å². The third-order valence-electron chi connectivity index (χ3n) is 4.05. The summed E-state index contributed by atoms with van der Waals surface area (Å²) >= 11 is 0. The molecule has 109 valence electrons. The predicted octanol–water partition coefficient (Wildman–Crippen LogP) is 3.23. The third kappa shape index (κ3) is 3.40. The smallest absolute Gasteiger partial charge is 0.323 e. The molecule has 1 fully saturated rings. The van der Waals surface area contributed by atoms with E-state index in [9.17, 15) is 4.79 Å². The summed E-state index contributed by atoms with van der Waals surface area (Å²) in [5, 5.41) is 0. The molecule has 20 heavy (non-hydrogen) atoms. The van der Waals surface area contributed by atoms with E-state index in [1.807, 2.05) is 25.1 Å². The molecule has 3 heteroatoms. The summed E-state index contributed by atoms with van der Waals surface area (Å²) in [4.78, 5) is 14.5. The van der Waals surface area contributed by atoms with Crippen LogP contribution in [0, 0.1) is 12.3 Å². The zero-order valence-corrected chi connectivity index (χ0v) is 12.6. The van der Waals surface area contributed by atoms with Gasteiger partial charge in [-0.3, -0.25) is 9.69 Å². The van der Waals surface area contributed by atoms with Crippen LogP contribution in [0.1, 0.15) is 38.8 Å². The maximum Gasteiger partial charge on any atom is 0.323 e. The molecule has 0 aliphatic carbocycles. The third-order valence-corrected chi connectivity index (χ3v) is 4.05. The van der Waals surface area contributed by atoms with Gasteiger partial charge in [-0.15, -0.1) is 0 Å². The van der Waals surface area contributed by atoms with Gasteiger partial charge < -0.3 is 4.74 Å². The van der Waals surface area contributed by atoms with E-state index in [-0.39, 0.29) is 18.1 Å². The first-order valence-corrected chi connectivity index (χ1v) is 7.44. The molecule has 0 aromatic heterocycles. The van der Waals surface area contributed by atoms with Crippen LogP contribution in [-0.2, 0) is 9.53 Å². The van der Waals surface area contributed by atoms with Crippen LogP contribution < -0.4 is 0 Å². The Balaban J connectivity index is 2.16. The largest absolute Gasteiger partial charge is 0.465 e. The van der Waals surface area contributed by atoms with Crippen molar-refractivity contribution in [2.45, 2.75) is 39.3 Å². The van der Waals surface area contributed by atoms with Crippen LogP contribution in [0.2, 0.25) is 0 Å². The van der Waals surface area contributed by atoms with Gasteiger partial charge in [0.05, 0.1) is 6.61 Å². The van der Waals surface area contributed by atoms with E-state index in [1.165, 1.54) is 5.56 Å². The highest BCUT2D eigenvalue weighted by Crippen LogP contribution is 2.30. The number of carbonyl (C=O) groups is 1. The molecule has 0 amide bonds. The number of ether oxygens (including phenoxy) is 1. The lowest BCUT2D eigenvalue weighted by Crippen LogP contribution is -2.48. The second kappa shape index (κ2) is 6.89. The summed E-state index contributed by atoms with van der Waals surface area (Å²) in [6, 6.07) is 10.4. The van der Waals surface area contributed by atoms with Gasteiger partial charge in [-0.25, -0.2) is 0 Å². The molecule has 3 nitrogen and oxygen atoms in total. The minimum atomic E-state index is -0.134. The fourth-order valence-corrected chi connectivity index (χ4v) is 2.83. The van der Waals surface area contributed by atoms with Crippen LogP contribution in [0.3, 0.4) is 0 Å². The molecule has 1 aliphatic heterocycles. The van der Waals surface area contributed by atoms with Crippen LogP contribution in [0.15, 0.2) is 30.3 Å². The molecule has 3 unspecified atom stereocenters. The van der Waals surface area contributed by atoms with Crippen molar-refractivity contribution in [2.75, 3.05) is 13.2 Å². The lowest BCUT2D eigenvalue weighted by molar-refractivity contribution is -0.152. The standard InChI is InChI=1S/C17H24NO2/c1-4-20-17(19)16-12-13(2)10-11-18(16)14(3)15-8-6-5-7-9-15/h5-10,13-14,16H,4,11-12H2,1-3H3. The quantitative estimate of drug-likeness (QED) is 0.790. The molecule has 3 atom stereocenters. The van der Waals surface area contributed by atoms with Gasteiger partial charge in [-0.1, -0.05) is 37.3 Å². The summed E-state index contributed by atoms with van der Waals surface area (Å²) in [7, 11) is 0. The van der Waals surface area contributed by atoms with E-state index in [1.54, 1.807) is 0 Å². The number of hydrogen-bond acceptors (Lipinski definition) is 3. The zero-order chi connectivity index (χ0) is 14.5. The van der Waals surface area contributed by atoms with Gasteiger partial charge in [0.2, 0.25) is 0 Å². The van der Waals surface area contributed by atoms with E-state index < -0.39 is 0 Å². The average Bonchev–Trinajstić information content (AvgIpc) is 2.47. The first kappa shape index (κ1) is 15.0. The Bertz CT molecular complexity index is 432. The normalized spacial score (nSPS) is 25.1. The minimum absolute atomic E-state index is 0.0877. The Morgan fingerprint density at radius 2 is 2.10 bits per heavy atom. The van der Waals surface area contributed by atoms with Gasteiger partial charge in [0.15, 0.2) is 0 Å². The van der Waals surface area contributed by atoms with Gasteiger partial charge in [0.25, 0.3) is 0 Å². The fourth-order valence-electron chi connectivity index (χ4n) is 2.83. The van der Waals surface area contributed by atoms with Crippen molar-refractivity contribution in [2.24, 2.45) is 5.92 Å². The molecule has 1 saturated heterocycles. The predicted molar refractivity (Wildman–Crippen MR) is 80.1 cm³/mol. The van der Waals surface area contributed by atoms with Gasteiger partial charge in [0.1, 0.15) is 6.04 Å². The molecule has 0 spiro atoms. The summed E-state index contributed by atoms with van der Waals surface area (Å²) in [6.45, 7) is 7.46. The lowest BCUT2D eigenvalue weighted by Gasteiger charge is -2.40. The van der Waals surface area contributed by atoms with E-state index in [4.69, 9.17) is 4.74 Å². The molecule has 1 aromatic rings. The van der Waals surface area contributed by atoms with Gasteiger partial charge >= 0.3 is 5.97 Å². The second-order valence-corrected chi connectivity index (χ2v) is 5.50. The second-order valence-electron chi connectivity index (χ2n) is 5.50. The number of esters is 1. The molecule has 1 aromatic carbocycles. The van der Waals surface area contributed by atoms with E-state index >= 15 is 0 Å². The van der Waals surface area contributed by atoms with Crippen LogP contribution in [0.5, 0.6) is 0 Å². The summed E-state index contributed by atoms with van der Waals surface area (Å²) in [5.41, 5.74) is 1.24. The zero-order valence-electron chi connectivity index (χ0n) is 12.6. The number of nitrogens with zero attached hydrogens (tertiary/aromatic N) is 1. The van der Waals surface area contributed by atoms with Crippen LogP contribution in [0.25, 0.3) is 0 Å². The van der Waals surface area contributed by atoms with Gasteiger partial charge in [-0.2, -0.15) is 0 Å². The Labute approximate surface area is 121 Å². The molecular weight excluding hydrogens is 250 g/mol. The van der Waals surface area contributed by atoms with Crippen molar-refractivity contribution in [3.05, 3.63) is 42.3 Å². The van der Waals surface area contributed by atoms with E-state index in [0.717, 1.165) is 13.0 Å². The molecule has 2 rings (SSSR count). The number of hydrogen-bond donors (Lipinski definition) is 0. The van der Waals surface area contributed by atoms with E-state index in [0.29, 0.717) is 12.5 Å². The summed E-state index contributed by atoms with van der Waals surface area (Å²) in [6.07, 6.45) is 3.13. The highest BCUT2D eigenvalue weighted by Gasteiger charge is 2.35. The molecular formula is C17H24NO2. The Morgan fingerprint density at radius 1 is 1.40 bits per heavy atom. The lowest BCUT2D eigenvalue weighted by atomic mass is 9.90. The SMILES string of the molecule is CCOC(=O)C1CC(C)[CH]CN1C(C)c1ccccc1. The molecule has 1 heterocycles. The Kier molecular flexibility index (Phi) is 5.18. The first-order chi connectivity index (χ1) is 9.63. The molecule has 1 radical (unpaired) electrons. The van der Waals surface area contributed by atoms with Crippen molar-refractivity contribution < 1.29 is 9.53 Å². The van der Waals surface area contributed by atoms with Crippen LogP contribution in [0.4, 0.5) is 0 Å². The molecule has 0 saturated carbocycles. The topological polar surface area (TPSA) is 29.5 Å². The highest BCUT2D eigenvalue weighted by molar-refractivity contribution is 5.76. The summed E-state index contributed by atoms with van der Waals surface area (Å²) < 4.78 is 5.25. The van der Waals surface area contributed by atoms with Crippen LogP contribution in [-0.4, -0.2) is 30.1 Å².